The average molecular weight is 193 g/mol. The molecule has 0 N–H and O–H groups in total. The third kappa shape index (κ3) is 4.24. The Kier molecular flexibility index (Phi) is 9.50. The molecular formula is C10H13ClMg. The zero-order valence-corrected chi connectivity index (χ0v) is 9.69. The van der Waals surface area contributed by atoms with E-state index in [-0.39, 0.29) is 35.5 Å². The Bertz CT molecular complexity index is 211. The second-order valence-electron chi connectivity index (χ2n) is 2.52. The van der Waals surface area contributed by atoms with Crippen LogP contribution < -0.4 is 12.4 Å². The van der Waals surface area contributed by atoms with E-state index in [2.05, 4.69) is 32.0 Å². The van der Waals surface area contributed by atoms with Crippen molar-refractivity contribution in [1.82, 2.24) is 0 Å². The van der Waals surface area contributed by atoms with Crippen LogP contribution in [0.25, 0.3) is 0 Å². The molecule has 0 bridgehead atoms. The molecule has 1 aromatic rings. The maximum absolute atomic E-state index is 3.94. The van der Waals surface area contributed by atoms with Gasteiger partial charge in [-0.25, -0.2) is 0 Å². The molecule has 0 aliphatic carbocycles. The molecule has 0 aromatic heterocycles. The molecule has 1 rings (SSSR count). The van der Waals surface area contributed by atoms with E-state index in [1.807, 2.05) is 6.07 Å². The second kappa shape index (κ2) is 7.78. The standard InChI is InChI=1S/C10H13.ClH.Mg/c1-3-6-10-8-5-4-7-9(10)2;;/h4-5,7-8H,2-3,6H2,1H3;1H;/q-1;;+2/p-1. The van der Waals surface area contributed by atoms with E-state index in [0.29, 0.717) is 0 Å². The van der Waals surface area contributed by atoms with E-state index in [0.717, 1.165) is 6.42 Å². The van der Waals surface area contributed by atoms with Crippen molar-refractivity contribution in [1.29, 1.82) is 0 Å². The molecule has 12 heavy (non-hydrogen) atoms. The predicted molar refractivity (Wildman–Crippen MR) is 50.7 cm³/mol. The smallest absolute Gasteiger partial charge is 1.00 e. The van der Waals surface area contributed by atoms with Crippen LogP contribution in [0.5, 0.6) is 0 Å². The molecule has 0 aliphatic rings. The van der Waals surface area contributed by atoms with Gasteiger partial charge in [0, 0.05) is 0 Å². The van der Waals surface area contributed by atoms with Crippen molar-refractivity contribution in [3.05, 3.63) is 42.3 Å². The van der Waals surface area contributed by atoms with Crippen LogP contribution in [0.2, 0.25) is 0 Å². The number of hydrogen-bond acceptors (Lipinski definition) is 0. The number of aryl methyl sites for hydroxylation is 1. The summed E-state index contributed by atoms with van der Waals surface area (Å²) in [6, 6.07) is 8.30. The third-order valence-corrected chi connectivity index (χ3v) is 1.64. The maximum atomic E-state index is 3.94. The molecule has 0 heterocycles. The van der Waals surface area contributed by atoms with Crippen LogP contribution in [0.4, 0.5) is 0 Å². The van der Waals surface area contributed by atoms with Crippen molar-refractivity contribution in [2.75, 3.05) is 0 Å². The van der Waals surface area contributed by atoms with Gasteiger partial charge in [-0.3, -0.25) is 0 Å². The van der Waals surface area contributed by atoms with Crippen molar-refractivity contribution < 1.29 is 12.4 Å². The maximum Gasteiger partial charge on any atom is 2.00 e. The zero-order valence-electron chi connectivity index (χ0n) is 7.52. The molecule has 1 aromatic carbocycles. The van der Waals surface area contributed by atoms with Gasteiger partial charge in [-0.2, -0.15) is 18.6 Å². The van der Waals surface area contributed by atoms with E-state index < -0.39 is 0 Å². The molecule has 0 radical (unpaired) electrons. The van der Waals surface area contributed by atoms with Crippen molar-refractivity contribution in [3.63, 3.8) is 0 Å². The number of hydrogen-bond donors (Lipinski definition) is 0. The summed E-state index contributed by atoms with van der Waals surface area (Å²) in [5.74, 6) is 0. The molecule has 0 amide bonds. The van der Waals surface area contributed by atoms with Gasteiger partial charge in [-0.1, -0.05) is 25.8 Å². The quantitative estimate of drug-likeness (QED) is 0.436. The Hall–Kier alpha value is 0.146. The van der Waals surface area contributed by atoms with Crippen LogP contribution in [0, 0.1) is 6.92 Å². The van der Waals surface area contributed by atoms with Gasteiger partial charge < -0.3 is 12.4 Å². The molecule has 0 saturated carbocycles. The number of halogens is 1. The molecule has 0 fully saturated rings. The number of rotatable bonds is 2. The Balaban J connectivity index is 0. The van der Waals surface area contributed by atoms with Crippen LogP contribution in [0.15, 0.2) is 24.3 Å². The minimum atomic E-state index is 0. The van der Waals surface area contributed by atoms with E-state index in [9.17, 15) is 0 Å². The fraction of sp³-hybridized carbons (Fsp3) is 0.300. The number of benzene rings is 1. The average Bonchev–Trinajstić information content (AvgIpc) is 1.94. The first-order chi connectivity index (χ1) is 4.84. The largest absolute Gasteiger partial charge is 2.00 e. The first-order valence-electron chi connectivity index (χ1n) is 3.74. The monoisotopic (exact) mass is 192 g/mol. The molecule has 0 aliphatic heterocycles. The van der Waals surface area contributed by atoms with Gasteiger partial charge in [0.15, 0.2) is 0 Å². The molecule has 2 heteroatoms. The Morgan fingerprint density at radius 3 is 2.33 bits per heavy atom. The summed E-state index contributed by atoms with van der Waals surface area (Å²) in [6.45, 7) is 6.13. The summed E-state index contributed by atoms with van der Waals surface area (Å²) in [7, 11) is 0. The van der Waals surface area contributed by atoms with E-state index in [1.54, 1.807) is 0 Å². The first-order valence-corrected chi connectivity index (χ1v) is 3.74. The molecule has 0 unspecified atom stereocenters. The predicted octanol–water partition coefficient (Wildman–Crippen LogP) is -0.556. The molecule has 0 saturated heterocycles. The Morgan fingerprint density at radius 2 is 1.83 bits per heavy atom. The van der Waals surface area contributed by atoms with Gasteiger partial charge in [0.1, 0.15) is 0 Å². The fourth-order valence-electron chi connectivity index (χ4n) is 1.07. The minimum Gasteiger partial charge on any atom is -1.00 e. The van der Waals surface area contributed by atoms with Gasteiger partial charge in [0.2, 0.25) is 0 Å². The SMILES string of the molecule is [CH2-]c1ccccc1CCC.[Cl-].[Mg+2]. The fourth-order valence-corrected chi connectivity index (χ4v) is 1.07. The summed E-state index contributed by atoms with van der Waals surface area (Å²) in [5, 5.41) is 0. The Labute approximate surface area is 97.3 Å². The molecule has 0 atom stereocenters. The minimum absolute atomic E-state index is 0. The van der Waals surface area contributed by atoms with E-state index in [4.69, 9.17) is 0 Å². The van der Waals surface area contributed by atoms with Crippen molar-refractivity contribution in [2.24, 2.45) is 0 Å². The molecule has 0 spiro atoms. The van der Waals surface area contributed by atoms with Crippen LogP contribution in [-0.4, -0.2) is 23.1 Å². The van der Waals surface area contributed by atoms with E-state index in [1.165, 1.54) is 17.5 Å². The van der Waals surface area contributed by atoms with Gasteiger partial charge in [-0.05, 0) is 0 Å². The van der Waals surface area contributed by atoms with Crippen LogP contribution in [0.3, 0.4) is 0 Å². The van der Waals surface area contributed by atoms with Gasteiger partial charge in [0.25, 0.3) is 0 Å². The summed E-state index contributed by atoms with van der Waals surface area (Å²) in [4.78, 5) is 0. The second-order valence-corrected chi connectivity index (χ2v) is 2.52. The Morgan fingerprint density at radius 1 is 1.25 bits per heavy atom. The summed E-state index contributed by atoms with van der Waals surface area (Å²) in [6.07, 6.45) is 2.35. The van der Waals surface area contributed by atoms with Gasteiger partial charge in [0.05, 0.1) is 0 Å². The summed E-state index contributed by atoms with van der Waals surface area (Å²) >= 11 is 0. The van der Waals surface area contributed by atoms with Crippen molar-refractivity contribution >= 4 is 23.1 Å². The van der Waals surface area contributed by atoms with Crippen molar-refractivity contribution in [3.8, 4) is 0 Å². The van der Waals surface area contributed by atoms with Crippen LogP contribution >= 0.6 is 0 Å². The first kappa shape index (κ1) is 14.7. The summed E-state index contributed by atoms with van der Waals surface area (Å²) < 4.78 is 0. The molecule has 62 valence electrons. The third-order valence-electron chi connectivity index (χ3n) is 1.64. The molecule has 0 nitrogen and oxygen atoms in total. The zero-order chi connectivity index (χ0) is 7.40. The van der Waals surface area contributed by atoms with Gasteiger partial charge in [-0.15, -0.1) is 17.7 Å². The van der Waals surface area contributed by atoms with E-state index >= 15 is 0 Å². The topological polar surface area (TPSA) is 0 Å². The normalized spacial score (nSPS) is 8.08. The van der Waals surface area contributed by atoms with Gasteiger partial charge >= 0.3 is 23.1 Å². The van der Waals surface area contributed by atoms with Crippen LogP contribution in [0.1, 0.15) is 24.5 Å². The van der Waals surface area contributed by atoms with Crippen LogP contribution in [-0.2, 0) is 6.42 Å². The molecular weight excluding hydrogens is 180 g/mol. The van der Waals surface area contributed by atoms with Crippen molar-refractivity contribution in [2.45, 2.75) is 19.8 Å². The summed E-state index contributed by atoms with van der Waals surface area (Å²) in [5.41, 5.74) is 2.55.